The lowest BCUT2D eigenvalue weighted by atomic mass is 9.95. The number of benzene rings is 4. The maximum atomic E-state index is 14.1. The van der Waals surface area contributed by atoms with Crippen LogP contribution in [0, 0.1) is 40.4 Å². The number of nitrogens with one attached hydrogen (secondary N) is 3. The lowest BCUT2D eigenvalue weighted by molar-refractivity contribution is -0.148. The van der Waals surface area contributed by atoms with Crippen LogP contribution in [0.15, 0.2) is 86.3 Å². The number of hydrogen-bond donors (Lipinski definition) is 4. The van der Waals surface area contributed by atoms with Crippen LogP contribution in [0.5, 0.6) is 0 Å². The summed E-state index contributed by atoms with van der Waals surface area (Å²) in [4.78, 5) is 31.1. The van der Waals surface area contributed by atoms with Crippen molar-refractivity contribution in [2.75, 3.05) is 76.0 Å². The van der Waals surface area contributed by atoms with Crippen LogP contribution in [0.2, 0.25) is 5.02 Å². The third-order valence-corrected chi connectivity index (χ3v) is 16.1. The largest absolute Gasteiger partial charge is 0.394 e. The van der Waals surface area contributed by atoms with Crippen LogP contribution in [-0.4, -0.2) is 111 Å². The average molecular weight is 1130 g/mol. The second-order valence-corrected chi connectivity index (χ2v) is 22.7. The van der Waals surface area contributed by atoms with Crippen molar-refractivity contribution in [1.29, 1.82) is 5.26 Å². The lowest BCUT2D eigenvalue weighted by Gasteiger charge is -2.34. The van der Waals surface area contributed by atoms with E-state index in [1.54, 1.807) is 30.8 Å². The van der Waals surface area contributed by atoms with E-state index in [1.807, 2.05) is 31.1 Å². The Balaban J connectivity index is 0.000000229. The fourth-order valence-corrected chi connectivity index (χ4v) is 11.3. The summed E-state index contributed by atoms with van der Waals surface area (Å²) in [6.45, 7) is 5.89. The van der Waals surface area contributed by atoms with E-state index in [-0.39, 0.29) is 28.6 Å². The zero-order valence-electron chi connectivity index (χ0n) is 41.6. The summed E-state index contributed by atoms with van der Waals surface area (Å²) in [6.07, 6.45) is 7.98. The van der Waals surface area contributed by atoms with Crippen molar-refractivity contribution in [3.63, 3.8) is 0 Å². The zero-order chi connectivity index (χ0) is 53.6. The van der Waals surface area contributed by atoms with Gasteiger partial charge in [0.1, 0.15) is 58.7 Å². The molecule has 11 nitrogen and oxygen atoms in total. The predicted molar refractivity (Wildman–Crippen MR) is 287 cm³/mol. The smallest absolute Gasteiger partial charge is 0.262 e. The number of hydrogen-bond acceptors (Lipinski definition) is 13. The highest BCUT2D eigenvalue weighted by Crippen LogP contribution is 2.34. The van der Waals surface area contributed by atoms with Crippen molar-refractivity contribution in [3.8, 4) is 6.07 Å². The van der Waals surface area contributed by atoms with E-state index in [4.69, 9.17) is 26.8 Å². The lowest BCUT2D eigenvalue weighted by Crippen LogP contribution is -2.48. The maximum absolute atomic E-state index is 14.1. The van der Waals surface area contributed by atoms with Crippen LogP contribution in [0.25, 0.3) is 0 Å². The zero-order valence-corrected chi connectivity index (χ0v) is 45.7. The molecule has 2 amide bonds. The topological polar surface area (TPSA) is 145 Å². The van der Waals surface area contributed by atoms with Crippen molar-refractivity contribution >= 4 is 82.2 Å². The highest BCUT2D eigenvalue weighted by molar-refractivity contribution is 7.99. The number of likely N-dealkylation sites (tertiary alicyclic amines) is 1. The Bertz CT molecular complexity index is 2440. The number of nitrogens with zero attached hydrogens (tertiary/aromatic N) is 3. The third-order valence-electron chi connectivity index (χ3n) is 11.9. The Kier molecular flexibility index (Phi) is 25.7. The van der Waals surface area contributed by atoms with Gasteiger partial charge in [-0.3, -0.25) is 23.9 Å². The number of alkyl halides is 1. The van der Waals surface area contributed by atoms with Crippen molar-refractivity contribution in [3.05, 3.63) is 106 Å². The highest BCUT2D eigenvalue weighted by Gasteiger charge is 2.36. The number of carbonyl (C=O) groups excluding carboxylic acids is 2. The molecule has 3 fully saturated rings. The number of unbranched alkanes of at least 4 members (excludes halogenated alkanes) is 1. The molecular weight excluding hydrogens is 1060 g/mol. The van der Waals surface area contributed by atoms with Crippen molar-refractivity contribution in [1.82, 2.24) is 19.2 Å². The number of nitrogens with two attached hydrogens (primary N) is 1. The van der Waals surface area contributed by atoms with Crippen molar-refractivity contribution < 1.29 is 45.4 Å². The minimum Gasteiger partial charge on any atom is -0.394 e. The molecule has 3 saturated heterocycles. The molecule has 0 aromatic heterocycles. The molecule has 5 N–H and O–H groups in total. The molecule has 4 aromatic rings. The number of anilines is 2. The first kappa shape index (κ1) is 60.9. The molecule has 0 saturated carbocycles. The SMILES string of the molecule is CN(C)CCC(CSc1ccc(F)cc1F)Nc1c(Cl)cc(SNC(=O)C2(C)CCCCO2)cc1C#N.Fc1ccc(SCCCCN2CC(F)C2)cc1.Nc1c(F)cc(SNC(=O)C2CCCCCO2)cc1F. The van der Waals surface area contributed by atoms with E-state index in [1.165, 1.54) is 36.0 Å². The first-order chi connectivity index (χ1) is 35.4. The van der Waals surface area contributed by atoms with Gasteiger partial charge in [-0.15, -0.1) is 23.5 Å². The highest BCUT2D eigenvalue weighted by atomic mass is 35.5. The fourth-order valence-electron chi connectivity index (χ4n) is 7.57. The van der Waals surface area contributed by atoms with E-state index >= 15 is 0 Å². The van der Waals surface area contributed by atoms with E-state index in [0.29, 0.717) is 77.4 Å². The number of ether oxygens (including phenoxy) is 2. The van der Waals surface area contributed by atoms with Crippen LogP contribution < -0.4 is 20.5 Å². The minimum absolute atomic E-state index is 0.150. The van der Waals surface area contributed by atoms with Gasteiger partial charge in [0.05, 0.1) is 16.3 Å². The molecule has 404 valence electrons. The summed E-state index contributed by atoms with van der Waals surface area (Å²) in [7, 11) is 3.91. The number of halogens is 7. The van der Waals surface area contributed by atoms with Crippen molar-refractivity contribution in [2.24, 2.45) is 0 Å². The summed E-state index contributed by atoms with van der Waals surface area (Å²) in [5.74, 6) is -2.08. The van der Waals surface area contributed by atoms with E-state index in [9.17, 15) is 41.2 Å². The predicted octanol–water partition coefficient (Wildman–Crippen LogP) is 12.1. The summed E-state index contributed by atoms with van der Waals surface area (Å²) in [5.41, 5.74) is 4.60. The van der Waals surface area contributed by atoms with E-state index in [0.717, 1.165) is 111 Å². The molecule has 22 heteroatoms. The number of nitrogen functional groups attached to an aromatic ring is 1. The molecule has 74 heavy (non-hydrogen) atoms. The first-order valence-corrected chi connectivity index (χ1v) is 28.3. The molecule has 0 spiro atoms. The summed E-state index contributed by atoms with van der Waals surface area (Å²) < 4.78 is 95.6. The number of carbonyl (C=O) groups is 2. The van der Waals surface area contributed by atoms with Gasteiger partial charge in [0.2, 0.25) is 0 Å². The second-order valence-electron chi connectivity index (χ2n) is 18.3. The first-order valence-electron chi connectivity index (χ1n) is 24.3. The average Bonchev–Trinajstić information content (AvgIpc) is 3.66. The van der Waals surface area contributed by atoms with Gasteiger partial charge in [0.25, 0.3) is 11.8 Å². The normalized spacial score (nSPS) is 18.3. The van der Waals surface area contributed by atoms with Crippen LogP contribution >= 0.6 is 59.0 Å². The molecule has 0 bridgehead atoms. The number of rotatable bonds is 20. The van der Waals surface area contributed by atoms with E-state index < -0.39 is 46.8 Å². The molecular formula is C52H64ClF6N7O4S4. The number of nitriles is 1. The monoisotopic (exact) mass is 1130 g/mol. The second kappa shape index (κ2) is 31.3. The summed E-state index contributed by atoms with van der Waals surface area (Å²) in [6, 6.07) is 17.7. The number of thioether (sulfide) groups is 2. The van der Waals surface area contributed by atoms with Gasteiger partial charge in [0, 0.05) is 63.7 Å². The van der Waals surface area contributed by atoms with E-state index in [2.05, 4.69) is 25.7 Å². The standard InChI is InChI=1S/C26H31ClF2N4O2S2.C13H16F2N2O2S.C13H17F2NS/c1-26(9-4-5-11-35-26)25(34)32-37-20-12-17(15-30)24(21(27)14-20)31-19(8-10-33(2)3)16-36-23-7-6-18(28)13-22(23)29;14-9-6-8(7-10(15)12(9)16)20-17-13(18)11-4-2-1-3-5-19-11;14-11-3-5-13(6-4-11)17-8-2-1-7-16-9-12(15)10-16/h6-7,12-14,19,31H,4-5,8-11,16H2,1-3H3,(H,32,34);6-7,11H,1-5,16H2,(H,17,18);3-6,12H,1-2,7-10H2. The van der Waals surface area contributed by atoms with Gasteiger partial charge in [0.15, 0.2) is 0 Å². The van der Waals surface area contributed by atoms with Crippen LogP contribution in [0.1, 0.15) is 76.7 Å². The summed E-state index contributed by atoms with van der Waals surface area (Å²) >= 11 is 11.5. The molecule has 4 aromatic carbocycles. The van der Waals surface area contributed by atoms with Gasteiger partial charge < -0.3 is 25.4 Å². The summed E-state index contributed by atoms with van der Waals surface area (Å²) in [5, 5.41) is 13.5. The Hall–Kier alpha value is -3.98. The fraction of sp³-hybridized carbons (Fsp3) is 0.481. The molecule has 3 aliphatic heterocycles. The van der Waals surface area contributed by atoms with Gasteiger partial charge in [-0.25, -0.2) is 26.3 Å². The van der Waals surface area contributed by atoms with Gasteiger partial charge in [-0.1, -0.05) is 24.4 Å². The maximum Gasteiger partial charge on any atom is 0.262 e. The van der Waals surface area contributed by atoms with Gasteiger partial charge in [-0.2, -0.15) is 5.26 Å². The molecule has 0 radical (unpaired) electrons. The molecule has 7 rings (SSSR count). The van der Waals surface area contributed by atoms with Crippen LogP contribution in [0.4, 0.5) is 37.7 Å². The Morgan fingerprint density at radius 1 is 0.865 bits per heavy atom. The Morgan fingerprint density at radius 3 is 2.22 bits per heavy atom. The Labute approximate surface area is 452 Å². The quantitative estimate of drug-likeness (QED) is 0.0219. The Morgan fingerprint density at radius 2 is 1.55 bits per heavy atom. The van der Waals surface area contributed by atoms with Gasteiger partial charge >= 0.3 is 0 Å². The molecule has 3 aliphatic rings. The van der Waals surface area contributed by atoms with Crippen LogP contribution in [-0.2, 0) is 19.1 Å². The van der Waals surface area contributed by atoms with Crippen molar-refractivity contribution in [2.45, 2.75) is 115 Å². The minimum atomic E-state index is -0.865. The molecule has 3 unspecified atom stereocenters. The van der Waals surface area contributed by atoms with Crippen LogP contribution in [0.3, 0.4) is 0 Å². The molecule has 0 aliphatic carbocycles. The third kappa shape index (κ3) is 20.5. The van der Waals surface area contributed by atoms with Gasteiger partial charge in [-0.05, 0) is 176 Å². The molecule has 3 heterocycles. The molecule has 3 atom stereocenters. The number of amides is 2.